The Balaban J connectivity index is 2.53. The first-order valence-corrected chi connectivity index (χ1v) is 5.94. The second-order valence-corrected chi connectivity index (χ2v) is 5.41. The molecule has 5 heteroatoms. The predicted octanol–water partition coefficient (Wildman–Crippen LogP) is 3.75. The molecule has 0 heterocycles. The summed E-state index contributed by atoms with van der Waals surface area (Å²) in [5, 5.41) is 3.92. The van der Waals surface area contributed by atoms with Crippen molar-refractivity contribution in [3.8, 4) is 0 Å². The fraction of sp³-hybridized carbons (Fsp3) is 0.417. The Labute approximate surface area is 111 Å². The number of carbonyl (C=O) groups is 1. The molecule has 0 aliphatic heterocycles. The summed E-state index contributed by atoms with van der Waals surface area (Å²) in [4.78, 5) is 11.5. The van der Waals surface area contributed by atoms with Gasteiger partial charge in [-0.15, -0.1) is 0 Å². The van der Waals surface area contributed by atoms with Gasteiger partial charge in [-0.2, -0.15) is 0 Å². The molecule has 0 unspecified atom stereocenters. The van der Waals surface area contributed by atoms with Crippen LogP contribution in [-0.4, -0.2) is 18.1 Å². The molecule has 3 nitrogen and oxygen atoms in total. The van der Waals surface area contributed by atoms with E-state index in [1.165, 1.54) is 0 Å². The molecule has 1 N–H and O–H groups in total. The number of anilines is 1. The second kappa shape index (κ2) is 5.61. The van der Waals surface area contributed by atoms with E-state index in [0.717, 1.165) is 0 Å². The second-order valence-electron chi connectivity index (χ2n) is 4.56. The molecular formula is C12H15Cl2NO2. The number of nitrogens with one attached hydrogen (secondary N) is 1. The average Bonchev–Trinajstić information content (AvgIpc) is 2.13. The minimum atomic E-state index is -0.484. The van der Waals surface area contributed by atoms with E-state index in [0.29, 0.717) is 15.7 Å². The van der Waals surface area contributed by atoms with Gasteiger partial charge in [0, 0.05) is 5.02 Å². The number of benzene rings is 1. The summed E-state index contributed by atoms with van der Waals surface area (Å²) in [6.45, 7) is 5.53. The molecule has 0 fully saturated rings. The van der Waals surface area contributed by atoms with Crippen LogP contribution in [-0.2, 0) is 9.53 Å². The summed E-state index contributed by atoms with van der Waals surface area (Å²) in [5.41, 5.74) is 0.171. The van der Waals surface area contributed by atoms with Crippen molar-refractivity contribution in [2.75, 3.05) is 11.9 Å². The third-order valence-corrected chi connectivity index (χ3v) is 2.32. The summed E-state index contributed by atoms with van der Waals surface area (Å²) in [5.74, 6) is -0.330. The van der Waals surface area contributed by atoms with Gasteiger partial charge in [-0.1, -0.05) is 23.2 Å². The first-order chi connectivity index (χ1) is 7.78. The van der Waals surface area contributed by atoms with Gasteiger partial charge in [-0.05, 0) is 39.0 Å². The third-order valence-electron chi connectivity index (χ3n) is 1.77. The topological polar surface area (TPSA) is 38.3 Å². The van der Waals surface area contributed by atoms with E-state index in [9.17, 15) is 4.79 Å². The van der Waals surface area contributed by atoms with Gasteiger partial charge in [-0.3, -0.25) is 4.79 Å². The van der Waals surface area contributed by atoms with Crippen LogP contribution in [0.25, 0.3) is 0 Å². The highest BCUT2D eigenvalue weighted by Gasteiger charge is 2.16. The fourth-order valence-electron chi connectivity index (χ4n) is 1.18. The molecule has 1 aromatic rings. The van der Waals surface area contributed by atoms with Gasteiger partial charge in [0.05, 0.1) is 10.7 Å². The first kappa shape index (κ1) is 14.1. The Morgan fingerprint density at radius 2 is 2.00 bits per heavy atom. The zero-order chi connectivity index (χ0) is 13.1. The molecule has 1 rings (SSSR count). The highest BCUT2D eigenvalue weighted by atomic mass is 35.5. The lowest BCUT2D eigenvalue weighted by Crippen LogP contribution is -2.28. The van der Waals surface area contributed by atoms with E-state index < -0.39 is 5.60 Å². The summed E-state index contributed by atoms with van der Waals surface area (Å²) in [6.07, 6.45) is 0. The smallest absolute Gasteiger partial charge is 0.325 e. The predicted molar refractivity (Wildman–Crippen MR) is 70.8 cm³/mol. The molecule has 0 aliphatic carbocycles. The molecule has 0 amide bonds. The Morgan fingerprint density at radius 1 is 1.35 bits per heavy atom. The van der Waals surface area contributed by atoms with Gasteiger partial charge in [0.15, 0.2) is 0 Å². The molecule has 0 saturated carbocycles. The minimum Gasteiger partial charge on any atom is -0.459 e. The van der Waals surface area contributed by atoms with Crippen LogP contribution >= 0.6 is 23.2 Å². The van der Waals surface area contributed by atoms with E-state index >= 15 is 0 Å². The molecule has 1 aromatic carbocycles. The highest BCUT2D eigenvalue weighted by molar-refractivity contribution is 6.36. The Hall–Kier alpha value is -0.930. The van der Waals surface area contributed by atoms with Crippen LogP contribution < -0.4 is 5.32 Å². The molecule has 0 atom stereocenters. The van der Waals surface area contributed by atoms with E-state index in [1.807, 2.05) is 20.8 Å². The van der Waals surface area contributed by atoms with Crippen molar-refractivity contribution in [3.05, 3.63) is 28.2 Å². The molecule has 0 bridgehead atoms. The number of hydrogen-bond donors (Lipinski definition) is 1. The van der Waals surface area contributed by atoms with E-state index in [1.54, 1.807) is 18.2 Å². The molecule has 0 aromatic heterocycles. The van der Waals surface area contributed by atoms with E-state index in [-0.39, 0.29) is 12.5 Å². The number of ether oxygens (including phenoxy) is 1. The summed E-state index contributed by atoms with van der Waals surface area (Å²) in [6, 6.07) is 5.03. The van der Waals surface area contributed by atoms with Crippen molar-refractivity contribution < 1.29 is 9.53 Å². The third kappa shape index (κ3) is 5.29. The van der Waals surface area contributed by atoms with Crippen LogP contribution in [0.4, 0.5) is 5.69 Å². The Morgan fingerprint density at radius 3 is 2.53 bits per heavy atom. The maximum absolute atomic E-state index is 11.5. The lowest BCUT2D eigenvalue weighted by molar-refractivity contribution is -0.152. The Bertz CT molecular complexity index is 413. The molecule has 17 heavy (non-hydrogen) atoms. The first-order valence-electron chi connectivity index (χ1n) is 5.19. The molecular weight excluding hydrogens is 261 g/mol. The van der Waals surface area contributed by atoms with Crippen molar-refractivity contribution in [2.45, 2.75) is 26.4 Å². The molecule has 0 radical (unpaired) electrons. The monoisotopic (exact) mass is 275 g/mol. The van der Waals surface area contributed by atoms with Crippen LogP contribution in [0.15, 0.2) is 18.2 Å². The zero-order valence-electron chi connectivity index (χ0n) is 10.0. The lowest BCUT2D eigenvalue weighted by atomic mass is 10.2. The quantitative estimate of drug-likeness (QED) is 0.854. The van der Waals surface area contributed by atoms with Crippen LogP contribution in [0.1, 0.15) is 20.8 Å². The normalized spacial score (nSPS) is 11.1. The van der Waals surface area contributed by atoms with Crippen LogP contribution in [0, 0.1) is 0 Å². The van der Waals surface area contributed by atoms with Crippen LogP contribution in [0.3, 0.4) is 0 Å². The van der Waals surface area contributed by atoms with Gasteiger partial charge < -0.3 is 10.1 Å². The lowest BCUT2D eigenvalue weighted by Gasteiger charge is -2.19. The average molecular weight is 276 g/mol. The summed E-state index contributed by atoms with van der Waals surface area (Å²) in [7, 11) is 0. The van der Waals surface area contributed by atoms with E-state index in [2.05, 4.69) is 5.32 Å². The van der Waals surface area contributed by atoms with Crippen molar-refractivity contribution in [3.63, 3.8) is 0 Å². The molecule has 94 valence electrons. The van der Waals surface area contributed by atoms with Gasteiger partial charge in [0.25, 0.3) is 0 Å². The largest absolute Gasteiger partial charge is 0.459 e. The highest BCUT2D eigenvalue weighted by Crippen LogP contribution is 2.25. The van der Waals surface area contributed by atoms with Crippen molar-refractivity contribution in [2.24, 2.45) is 0 Å². The van der Waals surface area contributed by atoms with Gasteiger partial charge in [0.1, 0.15) is 12.1 Å². The number of carbonyl (C=O) groups excluding carboxylic acids is 1. The standard InChI is InChI=1S/C12H15Cl2NO2/c1-12(2,3)17-11(16)7-15-10-5-4-8(13)6-9(10)14/h4-6,15H,7H2,1-3H3. The molecule has 0 spiro atoms. The Kier molecular flexibility index (Phi) is 4.66. The number of halogens is 2. The van der Waals surface area contributed by atoms with Gasteiger partial charge in [-0.25, -0.2) is 0 Å². The molecule has 0 saturated heterocycles. The van der Waals surface area contributed by atoms with Crippen molar-refractivity contribution in [1.29, 1.82) is 0 Å². The maximum atomic E-state index is 11.5. The van der Waals surface area contributed by atoms with Gasteiger partial charge >= 0.3 is 5.97 Å². The summed E-state index contributed by atoms with van der Waals surface area (Å²) < 4.78 is 5.15. The molecule has 0 aliphatic rings. The van der Waals surface area contributed by atoms with Crippen molar-refractivity contribution in [1.82, 2.24) is 0 Å². The van der Waals surface area contributed by atoms with Gasteiger partial charge in [0.2, 0.25) is 0 Å². The summed E-state index contributed by atoms with van der Waals surface area (Å²) >= 11 is 11.7. The van der Waals surface area contributed by atoms with Crippen molar-refractivity contribution >= 4 is 34.9 Å². The number of hydrogen-bond acceptors (Lipinski definition) is 3. The van der Waals surface area contributed by atoms with Crippen LogP contribution in [0.5, 0.6) is 0 Å². The fourth-order valence-corrected chi connectivity index (χ4v) is 1.65. The van der Waals surface area contributed by atoms with Crippen LogP contribution in [0.2, 0.25) is 10.0 Å². The zero-order valence-corrected chi connectivity index (χ0v) is 11.5. The number of rotatable bonds is 3. The SMILES string of the molecule is CC(C)(C)OC(=O)CNc1ccc(Cl)cc1Cl. The number of esters is 1. The maximum Gasteiger partial charge on any atom is 0.325 e. The minimum absolute atomic E-state index is 0.0681. The van der Waals surface area contributed by atoms with E-state index in [4.69, 9.17) is 27.9 Å².